The van der Waals surface area contributed by atoms with E-state index in [1.54, 1.807) is 36.7 Å². The number of carbonyl (C=O) groups is 1. The summed E-state index contributed by atoms with van der Waals surface area (Å²) in [5.74, 6) is 1.32. The molecule has 0 radical (unpaired) electrons. The summed E-state index contributed by atoms with van der Waals surface area (Å²) < 4.78 is 7.21. The Morgan fingerprint density at radius 3 is 3.08 bits per heavy atom. The second-order valence-corrected chi connectivity index (χ2v) is 5.88. The van der Waals surface area contributed by atoms with Crippen molar-refractivity contribution in [3.05, 3.63) is 48.5 Å². The van der Waals surface area contributed by atoms with Gasteiger partial charge in [-0.2, -0.15) is 0 Å². The van der Waals surface area contributed by atoms with Gasteiger partial charge in [0.2, 0.25) is 0 Å². The van der Waals surface area contributed by atoms with Crippen LogP contribution in [-0.2, 0) is 19.6 Å². The maximum atomic E-state index is 12.3. The highest BCUT2D eigenvalue weighted by molar-refractivity contribution is 5.73. The molecule has 136 valence electrons. The first kappa shape index (κ1) is 17.6. The van der Waals surface area contributed by atoms with E-state index in [1.807, 2.05) is 16.7 Å². The van der Waals surface area contributed by atoms with E-state index in [2.05, 4.69) is 32.6 Å². The number of urea groups is 1. The van der Waals surface area contributed by atoms with Crippen molar-refractivity contribution < 1.29 is 9.32 Å². The molecule has 0 aliphatic heterocycles. The van der Waals surface area contributed by atoms with Crippen LogP contribution in [0.25, 0.3) is 11.3 Å². The molecular formula is C17H21N7O2. The number of pyridine rings is 1. The minimum absolute atomic E-state index is 0.227. The molecule has 0 unspecified atom stereocenters. The highest BCUT2D eigenvalue weighted by Crippen LogP contribution is 2.17. The molecule has 1 N–H and O–H groups in total. The predicted octanol–water partition coefficient (Wildman–Crippen LogP) is 2.08. The lowest BCUT2D eigenvalue weighted by molar-refractivity contribution is 0.203. The number of hydrogen-bond acceptors (Lipinski definition) is 6. The molecule has 3 rings (SSSR count). The smallest absolute Gasteiger partial charge is 0.317 e. The Bertz CT molecular complexity index is 844. The highest BCUT2D eigenvalue weighted by Gasteiger charge is 2.14. The number of nitrogens with one attached hydrogen (secondary N) is 1. The van der Waals surface area contributed by atoms with Crippen molar-refractivity contribution in [2.45, 2.75) is 33.0 Å². The maximum Gasteiger partial charge on any atom is 0.317 e. The van der Waals surface area contributed by atoms with Gasteiger partial charge in [-0.15, -0.1) is 10.2 Å². The summed E-state index contributed by atoms with van der Waals surface area (Å²) in [5.41, 5.74) is 1.55. The van der Waals surface area contributed by atoms with Gasteiger partial charge in [-0.05, 0) is 18.6 Å². The normalized spacial score (nSPS) is 10.7. The van der Waals surface area contributed by atoms with Gasteiger partial charge in [0.15, 0.2) is 11.6 Å². The monoisotopic (exact) mass is 355 g/mol. The lowest BCUT2D eigenvalue weighted by Crippen LogP contribution is -2.37. The number of hydrogen-bond donors (Lipinski definition) is 1. The average Bonchev–Trinajstić information content (AvgIpc) is 3.30. The predicted molar refractivity (Wildman–Crippen MR) is 93.7 cm³/mol. The lowest BCUT2D eigenvalue weighted by atomic mass is 10.2. The largest absolute Gasteiger partial charge is 0.359 e. The van der Waals surface area contributed by atoms with E-state index in [0.29, 0.717) is 18.0 Å². The van der Waals surface area contributed by atoms with Crippen LogP contribution in [0.1, 0.15) is 24.9 Å². The van der Waals surface area contributed by atoms with E-state index in [1.165, 1.54) is 0 Å². The molecule has 0 aromatic carbocycles. The van der Waals surface area contributed by atoms with Crippen LogP contribution in [0.3, 0.4) is 0 Å². The Hall–Kier alpha value is -3.23. The van der Waals surface area contributed by atoms with Gasteiger partial charge in [0, 0.05) is 37.6 Å². The van der Waals surface area contributed by atoms with Gasteiger partial charge >= 0.3 is 6.03 Å². The van der Waals surface area contributed by atoms with Crippen molar-refractivity contribution in [3.63, 3.8) is 0 Å². The molecule has 0 saturated heterocycles. The zero-order valence-electron chi connectivity index (χ0n) is 14.8. The van der Waals surface area contributed by atoms with Crippen LogP contribution >= 0.6 is 0 Å². The summed E-state index contributed by atoms with van der Waals surface area (Å²) in [6, 6.07) is 5.29. The molecule has 3 aromatic heterocycles. The summed E-state index contributed by atoms with van der Waals surface area (Å²) in [6.45, 7) is 3.53. The van der Waals surface area contributed by atoms with E-state index in [9.17, 15) is 4.79 Å². The first-order valence-corrected chi connectivity index (χ1v) is 8.39. The molecule has 2 amide bonds. The first-order valence-electron chi connectivity index (χ1n) is 8.39. The van der Waals surface area contributed by atoms with Crippen molar-refractivity contribution >= 4 is 6.03 Å². The number of aromatic nitrogens is 5. The molecule has 0 atom stereocenters. The molecule has 0 spiro atoms. The Kier molecular flexibility index (Phi) is 5.57. The van der Waals surface area contributed by atoms with Crippen LogP contribution in [0, 0.1) is 0 Å². The Labute approximate surface area is 151 Å². The number of rotatable bonds is 7. The fourth-order valence-electron chi connectivity index (χ4n) is 2.46. The summed E-state index contributed by atoms with van der Waals surface area (Å²) in [6.07, 6.45) is 6.06. The molecular weight excluding hydrogens is 334 g/mol. The standard InChI is InChI=1S/C17H21N7O2/c1-3-7-24-12-20-21-16(24)11-23(2)17(25)19-10-14-8-15(22-26-14)13-5-4-6-18-9-13/h4-6,8-9,12H,3,7,10-11H2,1-2H3,(H,19,25). The summed E-state index contributed by atoms with van der Waals surface area (Å²) in [5, 5.41) is 14.8. The number of aryl methyl sites for hydroxylation is 1. The number of carbonyl (C=O) groups excluding carboxylic acids is 1. The van der Waals surface area contributed by atoms with E-state index in [-0.39, 0.29) is 12.6 Å². The molecule has 0 bridgehead atoms. The van der Waals surface area contributed by atoms with Crippen LogP contribution in [0.15, 0.2) is 41.4 Å². The third-order valence-corrected chi connectivity index (χ3v) is 3.82. The summed E-state index contributed by atoms with van der Waals surface area (Å²) in [7, 11) is 1.71. The van der Waals surface area contributed by atoms with Crippen molar-refractivity contribution in [3.8, 4) is 11.3 Å². The second kappa shape index (κ2) is 8.24. The van der Waals surface area contributed by atoms with Gasteiger partial charge in [-0.1, -0.05) is 12.1 Å². The summed E-state index contributed by atoms with van der Waals surface area (Å²) in [4.78, 5) is 17.9. The number of amides is 2. The minimum Gasteiger partial charge on any atom is -0.359 e. The molecule has 26 heavy (non-hydrogen) atoms. The van der Waals surface area contributed by atoms with E-state index in [0.717, 1.165) is 24.4 Å². The van der Waals surface area contributed by atoms with Crippen molar-refractivity contribution in [1.82, 2.24) is 35.1 Å². The molecule has 3 heterocycles. The van der Waals surface area contributed by atoms with Gasteiger partial charge in [0.25, 0.3) is 0 Å². The SMILES string of the molecule is CCCn1cnnc1CN(C)C(=O)NCc1cc(-c2cccnc2)no1. The second-order valence-electron chi connectivity index (χ2n) is 5.88. The third-order valence-electron chi connectivity index (χ3n) is 3.82. The Morgan fingerprint density at radius 1 is 1.42 bits per heavy atom. The highest BCUT2D eigenvalue weighted by atomic mass is 16.5. The molecule has 0 saturated carbocycles. The molecule has 9 nitrogen and oxygen atoms in total. The lowest BCUT2D eigenvalue weighted by Gasteiger charge is -2.17. The number of nitrogens with zero attached hydrogens (tertiary/aromatic N) is 6. The first-order chi connectivity index (χ1) is 12.7. The van der Waals surface area contributed by atoms with Gasteiger partial charge < -0.3 is 19.3 Å². The van der Waals surface area contributed by atoms with Crippen LogP contribution in [0.4, 0.5) is 4.79 Å². The molecule has 0 aliphatic rings. The minimum atomic E-state index is -0.227. The summed E-state index contributed by atoms with van der Waals surface area (Å²) >= 11 is 0. The van der Waals surface area contributed by atoms with Gasteiger partial charge in [0.1, 0.15) is 12.0 Å². The van der Waals surface area contributed by atoms with Crippen LogP contribution < -0.4 is 5.32 Å². The van der Waals surface area contributed by atoms with Crippen LogP contribution in [0.2, 0.25) is 0 Å². The Morgan fingerprint density at radius 2 is 2.31 bits per heavy atom. The third kappa shape index (κ3) is 4.24. The fraction of sp³-hybridized carbons (Fsp3) is 0.353. The van der Waals surface area contributed by atoms with E-state index >= 15 is 0 Å². The van der Waals surface area contributed by atoms with Gasteiger partial charge in [0.05, 0.1) is 13.1 Å². The molecule has 0 aliphatic carbocycles. The van der Waals surface area contributed by atoms with Gasteiger partial charge in [-0.25, -0.2) is 4.79 Å². The van der Waals surface area contributed by atoms with Crippen molar-refractivity contribution in [1.29, 1.82) is 0 Å². The topological polar surface area (TPSA) is 102 Å². The quantitative estimate of drug-likeness (QED) is 0.696. The molecule has 3 aromatic rings. The average molecular weight is 355 g/mol. The fourth-order valence-corrected chi connectivity index (χ4v) is 2.46. The van der Waals surface area contributed by atoms with Crippen molar-refractivity contribution in [2.75, 3.05) is 7.05 Å². The van der Waals surface area contributed by atoms with E-state index in [4.69, 9.17) is 4.52 Å². The van der Waals surface area contributed by atoms with E-state index < -0.39 is 0 Å². The van der Waals surface area contributed by atoms with Crippen LogP contribution in [-0.4, -0.2) is 42.9 Å². The maximum absolute atomic E-state index is 12.3. The van der Waals surface area contributed by atoms with Gasteiger partial charge in [-0.3, -0.25) is 4.98 Å². The Balaban J connectivity index is 1.53. The van der Waals surface area contributed by atoms with Crippen LogP contribution in [0.5, 0.6) is 0 Å². The zero-order valence-corrected chi connectivity index (χ0v) is 14.8. The zero-order chi connectivity index (χ0) is 18.4. The molecule has 9 heteroatoms. The van der Waals surface area contributed by atoms with Crippen molar-refractivity contribution in [2.24, 2.45) is 0 Å². The molecule has 0 fully saturated rings.